The highest BCUT2D eigenvalue weighted by Gasteiger charge is 2.16. The lowest BCUT2D eigenvalue weighted by Crippen LogP contribution is -2.15. The Labute approximate surface area is 170 Å². The Kier molecular flexibility index (Phi) is 5.81. The van der Waals surface area contributed by atoms with Crippen molar-refractivity contribution < 1.29 is 17.6 Å². The molecule has 0 aliphatic heterocycles. The maximum Gasteiger partial charge on any atom is 0.261 e. The summed E-state index contributed by atoms with van der Waals surface area (Å²) in [7, 11) is -3.76. The van der Waals surface area contributed by atoms with E-state index in [0.29, 0.717) is 15.8 Å². The summed E-state index contributed by atoms with van der Waals surface area (Å²) in [6.45, 7) is 1.75. The highest BCUT2D eigenvalue weighted by Crippen LogP contribution is 2.22. The van der Waals surface area contributed by atoms with Gasteiger partial charge in [0.25, 0.3) is 15.9 Å². The molecule has 0 bridgehead atoms. The van der Waals surface area contributed by atoms with E-state index in [9.17, 15) is 17.6 Å². The molecule has 5 nitrogen and oxygen atoms in total. The van der Waals surface area contributed by atoms with Crippen LogP contribution >= 0.6 is 15.9 Å². The molecule has 0 saturated carbocycles. The zero-order valence-corrected chi connectivity index (χ0v) is 17.1. The SMILES string of the molecule is Cc1cc(C(=O)Nc2ccc(S(=O)(=O)Nc3ccccc3)cc2)c(F)cc1Br. The number of anilines is 2. The molecular weight excluding hydrogens is 447 g/mol. The molecule has 0 aromatic heterocycles. The normalized spacial score (nSPS) is 11.1. The summed E-state index contributed by atoms with van der Waals surface area (Å²) in [6.07, 6.45) is 0. The van der Waals surface area contributed by atoms with Gasteiger partial charge >= 0.3 is 0 Å². The van der Waals surface area contributed by atoms with Gasteiger partial charge in [0.15, 0.2) is 0 Å². The number of hydrogen-bond acceptors (Lipinski definition) is 3. The van der Waals surface area contributed by atoms with Gasteiger partial charge in [-0.25, -0.2) is 12.8 Å². The molecule has 0 atom stereocenters. The predicted octanol–water partition coefficient (Wildman–Crippen LogP) is 4.95. The van der Waals surface area contributed by atoms with Crippen LogP contribution in [0, 0.1) is 12.7 Å². The molecule has 2 N–H and O–H groups in total. The van der Waals surface area contributed by atoms with Crippen molar-refractivity contribution in [2.24, 2.45) is 0 Å². The van der Waals surface area contributed by atoms with Crippen molar-refractivity contribution in [3.8, 4) is 0 Å². The molecule has 0 aliphatic rings. The van der Waals surface area contributed by atoms with Crippen LogP contribution in [0.5, 0.6) is 0 Å². The van der Waals surface area contributed by atoms with E-state index in [1.54, 1.807) is 37.3 Å². The molecule has 0 saturated heterocycles. The summed E-state index contributed by atoms with van der Waals surface area (Å²) in [6, 6.07) is 16.8. The monoisotopic (exact) mass is 462 g/mol. The van der Waals surface area contributed by atoms with Crippen molar-refractivity contribution in [1.29, 1.82) is 0 Å². The molecule has 8 heteroatoms. The number of sulfonamides is 1. The van der Waals surface area contributed by atoms with E-state index in [-0.39, 0.29) is 10.5 Å². The molecule has 0 spiro atoms. The summed E-state index contributed by atoms with van der Waals surface area (Å²) in [5, 5.41) is 2.56. The number of carbonyl (C=O) groups excluding carboxylic acids is 1. The van der Waals surface area contributed by atoms with Crippen LogP contribution in [0.2, 0.25) is 0 Å². The first kappa shape index (κ1) is 20.0. The fourth-order valence-electron chi connectivity index (χ4n) is 2.47. The predicted molar refractivity (Wildman–Crippen MR) is 110 cm³/mol. The number of carbonyl (C=O) groups is 1. The lowest BCUT2D eigenvalue weighted by Gasteiger charge is -2.10. The first-order chi connectivity index (χ1) is 13.3. The van der Waals surface area contributed by atoms with E-state index in [2.05, 4.69) is 26.0 Å². The Balaban J connectivity index is 1.76. The second-order valence-electron chi connectivity index (χ2n) is 6.03. The second-order valence-corrected chi connectivity index (χ2v) is 8.57. The van der Waals surface area contributed by atoms with E-state index in [0.717, 1.165) is 5.56 Å². The van der Waals surface area contributed by atoms with Crippen LogP contribution < -0.4 is 10.0 Å². The van der Waals surface area contributed by atoms with Crippen molar-refractivity contribution in [2.75, 3.05) is 10.0 Å². The number of halogens is 2. The van der Waals surface area contributed by atoms with Gasteiger partial charge in [0.2, 0.25) is 0 Å². The molecule has 0 aliphatic carbocycles. The van der Waals surface area contributed by atoms with Gasteiger partial charge < -0.3 is 5.32 Å². The standard InChI is InChI=1S/C20H16BrFN2O3S/c1-13-11-17(19(22)12-18(13)21)20(25)23-14-7-9-16(10-8-14)28(26,27)24-15-5-3-2-4-6-15/h2-12,24H,1H3,(H,23,25). The van der Waals surface area contributed by atoms with Gasteiger partial charge in [0, 0.05) is 15.8 Å². The number of para-hydroxylation sites is 1. The number of hydrogen-bond donors (Lipinski definition) is 2. The first-order valence-electron chi connectivity index (χ1n) is 8.21. The van der Waals surface area contributed by atoms with Gasteiger partial charge in [-0.2, -0.15) is 0 Å². The Morgan fingerprint density at radius 1 is 0.964 bits per heavy atom. The molecule has 0 unspecified atom stereocenters. The smallest absolute Gasteiger partial charge is 0.261 e. The highest BCUT2D eigenvalue weighted by atomic mass is 79.9. The maximum absolute atomic E-state index is 14.0. The van der Waals surface area contributed by atoms with Gasteiger partial charge in [-0.05, 0) is 61.0 Å². The molecule has 1 amide bonds. The maximum atomic E-state index is 14.0. The minimum absolute atomic E-state index is 0.0417. The van der Waals surface area contributed by atoms with Crippen molar-refractivity contribution >= 4 is 43.2 Å². The number of rotatable bonds is 5. The topological polar surface area (TPSA) is 75.3 Å². The van der Waals surface area contributed by atoms with E-state index in [1.807, 2.05) is 0 Å². The Morgan fingerprint density at radius 3 is 2.25 bits per heavy atom. The van der Waals surface area contributed by atoms with Gasteiger partial charge in [-0.1, -0.05) is 34.1 Å². The van der Waals surface area contributed by atoms with E-state index in [1.165, 1.54) is 36.4 Å². The van der Waals surface area contributed by atoms with Crippen molar-refractivity contribution in [3.63, 3.8) is 0 Å². The van der Waals surface area contributed by atoms with Crippen LogP contribution in [0.15, 0.2) is 76.1 Å². The fraction of sp³-hybridized carbons (Fsp3) is 0.0500. The molecule has 28 heavy (non-hydrogen) atoms. The summed E-state index contributed by atoms with van der Waals surface area (Å²) in [5.41, 5.74) is 1.42. The van der Waals surface area contributed by atoms with E-state index in [4.69, 9.17) is 0 Å². The minimum atomic E-state index is -3.76. The van der Waals surface area contributed by atoms with Gasteiger partial charge in [-0.15, -0.1) is 0 Å². The number of benzene rings is 3. The Morgan fingerprint density at radius 2 is 1.61 bits per heavy atom. The summed E-state index contributed by atoms with van der Waals surface area (Å²) >= 11 is 3.21. The van der Waals surface area contributed by atoms with Crippen molar-refractivity contribution in [1.82, 2.24) is 0 Å². The van der Waals surface area contributed by atoms with Gasteiger partial charge in [0.1, 0.15) is 5.82 Å². The summed E-state index contributed by atoms with van der Waals surface area (Å²) in [4.78, 5) is 12.4. The second kappa shape index (κ2) is 8.12. The molecule has 3 aromatic rings. The van der Waals surface area contributed by atoms with Crippen molar-refractivity contribution in [2.45, 2.75) is 11.8 Å². The third-order valence-corrected chi connectivity index (χ3v) is 6.19. The largest absolute Gasteiger partial charge is 0.322 e. The molecule has 3 rings (SSSR count). The van der Waals surface area contributed by atoms with Gasteiger partial charge in [0.05, 0.1) is 10.5 Å². The lowest BCUT2D eigenvalue weighted by atomic mass is 10.1. The zero-order valence-electron chi connectivity index (χ0n) is 14.7. The Bertz CT molecular complexity index is 1120. The molecule has 0 fully saturated rings. The zero-order chi connectivity index (χ0) is 20.3. The molecular formula is C20H16BrFN2O3S. The van der Waals surface area contributed by atoms with Crippen LogP contribution in [0.4, 0.5) is 15.8 Å². The molecule has 0 heterocycles. The number of nitrogens with one attached hydrogen (secondary N) is 2. The van der Waals surface area contributed by atoms with E-state index >= 15 is 0 Å². The van der Waals surface area contributed by atoms with Crippen LogP contribution in [-0.2, 0) is 10.0 Å². The number of amides is 1. The van der Waals surface area contributed by atoms with Gasteiger partial charge in [-0.3, -0.25) is 9.52 Å². The van der Waals surface area contributed by atoms with Crippen LogP contribution in [0.3, 0.4) is 0 Å². The fourth-order valence-corrected chi connectivity index (χ4v) is 3.84. The average molecular weight is 463 g/mol. The van der Waals surface area contributed by atoms with E-state index < -0.39 is 21.7 Å². The first-order valence-corrected chi connectivity index (χ1v) is 10.5. The quantitative estimate of drug-likeness (QED) is 0.563. The molecule has 144 valence electrons. The molecule has 3 aromatic carbocycles. The molecule has 0 radical (unpaired) electrons. The minimum Gasteiger partial charge on any atom is -0.322 e. The third kappa shape index (κ3) is 4.58. The lowest BCUT2D eigenvalue weighted by molar-refractivity contribution is 0.102. The average Bonchev–Trinajstić information content (AvgIpc) is 2.65. The van der Waals surface area contributed by atoms with Crippen LogP contribution in [-0.4, -0.2) is 14.3 Å². The summed E-state index contributed by atoms with van der Waals surface area (Å²) < 4.78 is 41.9. The number of aryl methyl sites for hydroxylation is 1. The van der Waals surface area contributed by atoms with Crippen LogP contribution in [0.25, 0.3) is 0 Å². The summed E-state index contributed by atoms with van der Waals surface area (Å²) in [5.74, 6) is -1.27. The van der Waals surface area contributed by atoms with Crippen LogP contribution in [0.1, 0.15) is 15.9 Å². The van der Waals surface area contributed by atoms with Crippen molar-refractivity contribution in [3.05, 3.63) is 88.1 Å². The Hall–Kier alpha value is -2.71. The third-order valence-electron chi connectivity index (χ3n) is 3.94. The highest BCUT2D eigenvalue weighted by molar-refractivity contribution is 9.10.